The molecule has 0 aliphatic carbocycles. The second-order valence-corrected chi connectivity index (χ2v) is 2.86. The standard InChI is InChI=1S/C8H15NO/c10-8-4-3-7-9-5-1-2-6-9/h8H,1-7H2. The lowest BCUT2D eigenvalue weighted by atomic mass is 10.3. The molecule has 1 fully saturated rings. The Morgan fingerprint density at radius 1 is 1.30 bits per heavy atom. The topological polar surface area (TPSA) is 20.3 Å². The van der Waals surface area contributed by atoms with E-state index in [0.717, 1.165) is 25.7 Å². The van der Waals surface area contributed by atoms with E-state index >= 15 is 0 Å². The number of aldehydes is 1. The zero-order valence-electron chi connectivity index (χ0n) is 6.38. The monoisotopic (exact) mass is 141 g/mol. The summed E-state index contributed by atoms with van der Waals surface area (Å²) in [7, 11) is 0. The van der Waals surface area contributed by atoms with Crippen molar-refractivity contribution in [3.05, 3.63) is 0 Å². The van der Waals surface area contributed by atoms with Crippen molar-refractivity contribution in [2.75, 3.05) is 19.6 Å². The zero-order valence-corrected chi connectivity index (χ0v) is 6.38. The van der Waals surface area contributed by atoms with Gasteiger partial charge in [0.25, 0.3) is 0 Å². The zero-order chi connectivity index (χ0) is 7.23. The van der Waals surface area contributed by atoms with E-state index in [9.17, 15) is 4.79 Å². The van der Waals surface area contributed by atoms with Gasteiger partial charge in [-0.3, -0.25) is 0 Å². The van der Waals surface area contributed by atoms with Crippen LogP contribution in [-0.2, 0) is 4.79 Å². The molecule has 0 atom stereocenters. The van der Waals surface area contributed by atoms with Gasteiger partial charge in [-0.05, 0) is 38.9 Å². The molecule has 0 aromatic rings. The Bertz CT molecular complexity index is 97.4. The molecule has 1 rings (SSSR count). The molecule has 10 heavy (non-hydrogen) atoms. The number of nitrogens with zero attached hydrogens (tertiary/aromatic N) is 1. The molecule has 0 unspecified atom stereocenters. The maximum Gasteiger partial charge on any atom is 0.120 e. The molecule has 2 nitrogen and oxygen atoms in total. The molecule has 58 valence electrons. The maximum atomic E-state index is 9.96. The SMILES string of the molecule is O=CCCCN1CCCC1. The van der Waals surface area contributed by atoms with Gasteiger partial charge in [-0.1, -0.05) is 0 Å². The summed E-state index contributed by atoms with van der Waals surface area (Å²) in [6.07, 6.45) is 5.48. The van der Waals surface area contributed by atoms with Crippen LogP contribution in [0, 0.1) is 0 Å². The van der Waals surface area contributed by atoms with Crippen LogP contribution in [0.2, 0.25) is 0 Å². The van der Waals surface area contributed by atoms with Gasteiger partial charge in [-0.2, -0.15) is 0 Å². The Kier molecular flexibility index (Phi) is 3.44. The Labute approximate surface area is 62.2 Å². The van der Waals surface area contributed by atoms with Crippen LogP contribution in [-0.4, -0.2) is 30.8 Å². The largest absolute Gasteiger partial charge is 0.303 e. The smallest absolute Gasteiger partial charge is 0.120 e. The molecule has 0 N–H and O–H groups in total. The summed E-state index contributed by atoms with van der Waals surface area (Å²) in [5, 5.41) is 0. The third kappa shape index (κ3) is 2.48. The van der Waals surface area contributed by atoms with Crippen molar-refractivity contribution in [1.82, 2.24) is 4.90 Å². The lowest BCUT2D eigenvalue weighted by Crippen LogP contribution is -2.20. The summed E-state index contributed by atoms with van der Waals surface area (Å²) in [4.78, 5) is 12.4. The maximum absolute atomic E-state index is 9.96. The molecule has 0 aromatic carbocycles. The molecular weight excluding hydrogens is 126 g/mol. The molecule has 1 heterocycles. The second kappa shape index (κ2) is 4.45. The predicted octanol–water partition coefficient (Wildman–Crippen LogP) is 1.06. The molecule has 0 amide bonds. The summed E-state index contributed by atoms with van der Waals surface area (Å²) < 4.78 is 0. The summed E-state index contributed by atoms with van der Waals surface area (Å²) in [6, 6.07) is 0. The van der Waals surface area contributed by atoms with Crippen molar-refractivity contribution in [1.29, 1.82) is 0 Å². The van der Waals surface area contributed by atoms with Crippen LogP contribution in [0.4, 0.5) is 0 Å². The first-order valence-electron chi connectivity index (χ1n) is 4.09. The second-order valence-electron chi connectivity index (χ2n) is 2.86. The lowest BCUT2D eigenvalue weighted by Gasteiger charge is -2.12. The number of hydrogen-bond acceptors (Lipinski definition) is 2. The number of unbranched alkanes of at least 4 members (excludes halogenated alkanes) is 1. The van der Waals surface area contributed by atoms with Crippen LogP contribution in [0.25, 0.3) is 0 Å². The lowest BCUT2D eigenvalue weighted by molar-refractivity contribution is -0.108. The first kappa shape index (κ1) is 7.73. The van der Waals surface area contributed by atoms with Crippen LogP contribution in [0.5, 0.6) is 0 Å². The van der Waals surface area contributed by atoms with Crippen LogP contribution < -0.4 is 0 Å². The number of likely N-dealkylation sites (tertiary alicyclic amines) is 1. The molecule has 0 saturated carbocycles. The van der Waals surface area contributed by atoms with Gasteiger partial charge in [-0.25, -0.2) is 0 Å². The molecule has 1 aliphatic rings. The number of hydrogen-bond donors (Lipinski definition) is 0. The van der Waals surface area contributed by atoms with Crippen molar-refractivity contribution >= 4 is 6.29 Å². The minimum Gasteiger partial charge on any atom is -0.303 e. The molecule has 2 heteroatoms. The highest BCUT2D eigenvalue weighted by molar-refractivity contribution is 5.48. The number of rotatable bonds is 4. The van der Waals surface area contributed by atoms with Crippen LogP contribution in [0.15, 0.2) is 0 Å². The minimum absolute atomic E-state index is 0.733. The molecule has 0 spiro atoms. The highest BCUT2D eigenvalue weighted by atomic mass is 16.1. The third-order valence-electron chi connectivity index (χ3n) is 2.00. The number of carbonyl (C=O) groups is 1. The van der Waals surface area contributed by atoms with E-state index in [2.05, 4.69) is 4.90 Å². The Hall–Kier alpha value is -0.370. The van der Waals surface area contributed by atoms with Gasteiger partial charge in [0.15, 0.2) is 0 Å². The number of carbonyl (C=O) groups excluding carboxylic acids is 1. The van der Waals surface area contributed by atoms with Gasteiger partial charge >= 0.3 is 0 Å². The average molecular weight is 141 g/mol. The van der Waals surface area contributed by atoms with Gasteiger partial charge in [0.1, 0.15) is 6.29 Å². The van der Waals surface area contributed by atoms with Crippen molar-refractivity contribution in [3.8, 4) is 0 Å². The first-order valence-corrected chi connectivity index (χ1v) is 4.09. The quantitative estimate of drug-likeness (QED) is 0.431. The Balaban J connectivity index is 1.96. The fourth-order valence-electron chi connectivity index (χ4n) is 1.40. The van der Waals surface area contributed by atoms with E-state index in [4.69, 9.17) is 0 Å². The fourth-order valence-corrected chi connectivity index (χ4v) is 1.40. The van der Waals surface area contributed by atoms with E-state index in [1.54, 1.807) is 0 Å². The van der Waals surface area contributed by atoms with Crippen molar-refractivity contribution in [2.45, 2.75) is 25.7 Å². The molecule has 0 bridgehead atoms. The van der Waals surface area contributed by atoms with Crippen molar-refractivity contribution < 1.29 is 4.79 Å². The van der Waals surface area contributed by atoms with Gasteiger partial charge < -0.3 is 9.69 Å². The summed E-state index contributed by atoms with van der Waals surface area (Å²) in [5.41, 5.74) is 0. The van der Waals surface area contributed by atoms with Gasteiger partial charge in [-0.15, -0.1) is 0 Å². The normalized spacial score (nSPS) is 19.6. The van der Waals surface area contributed by atoms with Gasteiger partial charge in [0.2, 0.25) is 0 Å². The van der Waals surface area contributed by atoms with Crippen molar-refractivity contribution in [2.24, 2.45) is 0 Å². The van der Waals surface area contributed by atoms with Crippen LogP contribution in [0.3, 0.4) is 0 Å². The molecule has 0 aromatic heterocycles. The van der Waals surface area contributed by atoms with Gasteiger partial charge in [0.05, 0.1) is 0 Å². The van der Waals surface area contributed by atoms with E-state index in [0.29, 0.717) is 0 Å². The van der Waals surface area contributed by atoms with Crippen LogP contribution in [0.1, 0.15) is 25.7 Å². The van der Waals surface area contributed by atoms with E-state index in [1.807, 2.05) is 0 Å². The minimum atomic E-state index is 0.733. The summed E-state index contributed by atoms with van der Waals surface area (Å²) in [5.74, 6) is 0. The highest BCUT2D eigenvalue weighted by Gasteiger charge is 2.09. The average Bonchev–Trinajstić information content (AvgIpc) is 2.41. The van der Waals surface area contributed by atoms with E-state index in [-0.39, 0.29) is 0 Å². The predicted molar refractivity (Wildman–Crippen MR) is 41.0 cm³/mol. The van der Waals surface area contributed by atoms with E-state index in [1.165, 1.54) is 25.9 Å². The summed E-state index contributed by atoms with van der Waals surface area (Å²) >= 11 is 0. The van der Waals surface area contributed by atoms with Gasteiger partial charge in [0, 0.05) is 6.42 Å². The van der Waals surface area contributed by atoms with E-state index < -0.39 is 0 Å². The summed E-state index contributed by atoms with van der Waals surface area (Å²) in [6.45, 7) is 3.62. The molecular formula is C8H15NO. The Morgan fingerprint density at radius 2 is 2.00 bits per heavy atom. The third-order valence-corrected chi connectivity index (χ3v) is 2.00. The first-order chi connectivity index (χ1) is 4.93. The highest BCUT2D eigenvalue weighted by Crippen LogP contribution is 2.07. The van der Waals surface area contributed by atoms with Crippen molar-refractivity contribution in [3.63, 3.8) is 0 Å². The molecule has 1 saturated heterocycles. The molecule has 1 aliphatic heterocycles. The fraction of sp³-hybridized carbons (Fsp3) is 0.875. The Morgan fingerprint density at radius 3 is 2.60 bits per heavy atom. The van der Waals surface area contributed by atoms with Crippen LogP contribution >= 0.6 is 0 Å². The molecule has 0 radical (unpaired) electrons.